The first-order valence-corrected chi connectivity index (χ1v) is 7.82. The molecule has 2 fully saturated rings. The van der Waals surface area contributed by atoms with Crippen molar-refractivity contribution in [2.45, 2.75) is 13.0 Å². The maximum absolute atomic E-state index is 5.32. The van der Waals surface area contributed by atoms with E-state index >= 15 is 0 Å². The molecule has 1 unspecified atom stereocenters. The average Bonchev–Trinajstić information content (AvgIpc) is 2.76. The van der Waals surface area contributed by atoms with E-state index < -0.39 is 0 Å². The molecule has 2 nitrogen and oxygen atoms in total. The second-order valence-electron chi connectivity index (χ2n) is 3.72. The van der Waals surface area contributed by atoms with Gasteiger partial charge in [0.05, 0.1) is 0 Å². The fraction of sp³-hybridized carbons (Fsp3) is 0.778. The molecule has 2 saturated heterocycles. The van der Waals surface area contributed by atoms with E-state index in [0.29, 0.717) is 6.04 Å². The van der Waals surface area contributed by atoms with E-state index in [4.69, 9.17) is 24.4 Å². The van der Waals surface area contributed by atoms with Gasteiger partial charge in [-0.25, -0.2) is 0 Å². The van der Waals surface area contributed by atoms with Crippen LogP contribution in [0.4, 0.5) is 0 Å². The largest absolute Gasteiger partial charge is 0.355 e. The molecule has 0 bridgehead atoms. The van der Waals surface area contributed by atoms with Gasteiger partial charge in [-0.1, -0.05) is 48.0 Å². The average molecular weight is 278 g/mol. The maximum Gasteiger partial charge on any atom is 0.136 e. The quantitative estimate of drug-likeness (QED) is 0.724. The zero-order valence-electron chi connectivity index (χ0n) is 8.64. The lowest BCUT2D eigenvalue weighted by Gasteiger charge is -2.29. The molecule has 15 heavy (non-hydrogen) atoms. The normalized spacial score (nSPS) is 24.1. The smallest absolute Gasteiger partial charge is 0.136 e. The Morgan fingerprint density at radius 3 is 2.40 bits per heavy atom. The van der Waals surface area contributed by atoms with Crippen molar-refractivity contribution in [3.8, 4) is 0 Å². The molecular weight excluding hydrogens is 264 g/mol. The van der Waals surface area contributed by atoms with E-state index in [-0.39, 0.29) is 0 Å². The van der Waals surface area contributed by atoms with Crippen molar-refractivity contribution in [1.82, 2.24) is 9.80 Å². The lowest BCUT2D eigenvalue weighted by molar-refractivity contribution is 0.297. The van der Waals surface area contributed by atoms with E-state index in [0.717, 1.165) is 39.8 Å². The van der Waals surface area contributed by atoms with Crippen LogP contribution in [0.2, 0.25) is 0 Å². The molecule has 0 aliphatic carbocycles. The zero-order valence-corrected chi connectivity index (χ0v) is 11.9. The van der Waals surface area contributed by atoms with Gasteiger partial charge in [-0.2, -0.15) is 0 Å². The molecule has 0 saturated carbocycles. The van der Waals surface area contributed by atoms with Gasteiger partial charge in [0.1, 0.15) is 8.64 Å². The van der Waals surface area contributed by atoms with Crippen molar-refractivity contribution in [2.24, 2.45) is 0 Å². The monoisotopic (exact) mass is 278 g/mol. The summed E-state index contributed by atoms with van der Waals surface area (Å²) in [5.41, 5.74) is 0. The molecule has 2 heterocycles. The van der Waals surface area contributed by atoms with Crippen molar-refractivity contribution in [3.05, 3.63) is 0 Å². The Hall–Kier alpha value is 0.480. The van der Waals surface area contributed by atoms with Gasteiger partial charge in [0.2, 0.25) is 0 Å². The second-order valence-corrected chi connectivity index (χ2v) is 7.17. The summed E-state index contributed by atoms with van der Waals surface area (Å²) in [4.78, 5) is 4.63. The minimum absolute atomic E-state index is 0.490. The molecule has 6 heteroatoms. The Labute approximate surface area is 110 Å². The summed E-state index contributed by atoms with van der Waals surface area (Å²) >= 11 is 14.2. The molecule has 2 aliphatic rings. The first-order valence-electron chi connectivity index (χ1n) is 5.03. The molecule has 0 radical (unpaired) electrons. The van der Waals surface area contributed by atoms with Crippen LogP contribution in [0.5, 0.6) is 0 Å². The van der Waals surface area contributed by atoms with Crippen molar-refractivity contribution >= 4 is 56.6 Å². The Balaban J connectivity index is 1.88. The molecule has 0 amide bonds. The van der Waals surface area contributed by atoms with E-state index in [1.165, 1.54) is 0 Å². The standard InChI is InChI=1S/C9H14N2S4/c1-7(11-3-5-15-9(11)13)6-10-2-4-14-8(10)12/h7H,2-6H2,1H3. The highest BCUT2D eigenvalue weighted by Gasteiger charge is 2.26. The predicted molar refractivity (Wildman–Crippen MR) is 77.9 cm³/mol. The summed E-state index contributed by atoms with van der Waals surface area (Å²) in [6.45, 7) is 5.45. The number of thiocarbonyl (C=S) groups is 2. The summed E-state index contributed by atoms with van der Waals surface area (Å²) in [5.74, 6) is 2.28. The number of nitrogens with zero attached hydrogens (tertiary/aromatic N) is 2. The molecule has 0 spiro atoms. The summed E-state index contributed by atoms with van der Waals surface area (Å²) in [6, 6.07) is 0.490. The van der Waals surface area contributed by atoms with E-state index in [2.05, 4.69) is 16.7 Å². The fourth-order valence-electron chi connectivity index (χ4n) is 1.81. The van der Waals surface area contributed by atoms with Gasteiger partial charge in [0.25, 0.3) is 0 Å². The van der Waals surface area contributed by atoms with Crippen LogP contribution < -0.4 is 0 Å². The number of rotatable bonds is 3. The van der Waals surface area contributed by atoms with Crippen LogP contribution in [0.1, 0.15) is 6.92 Å². The van der Waals surface area contributed by atoms with Gasteiger partial charge in [0, 0.05) is 37.2 Å². The summed E-state index contributed by atoms with van der Waals surface area (Å²) in [5, 5.41) is 0. The highest BCUT2D eigenvalue weighted by Crippen LogP contribution is 2.23. The lowest BCUT2D eigenvalue weighted by atomic mass is 10.3. The summed E-state index contributed by atoms with van der Waals surface area (Å²) in [7, 11) is 0. The molecule has 0 aromatic rings. The minimum Gasteiger partial charge on any atom is -0.355 e. The van der Waals surface area contributed by atoms with E-state index in [9.17, 15) is 0 Å². The first-order chi connectivity index (χ1) is 7.18. The second kappa shape index (κ2) is 5.21. The van der Waals surface area contributed by atoms with Gasteiger partial charge in [-0.3, -0.25) is 0 Å². The summed E-state index contributed by atoms with van der Waals surface area (Å²) in [6.07, 6.45) is 0. The van der Waals surface area contributed by atoms with Crippen molar-refractivity contribution < 1.29 is 0 Å². The molecule has 0 aromatic carbocycles. The predicted octanol–water partition coefficient (Wildman–Crippen LogP) is 2.04. The highest BCUT2D eigenvalue weighted by molar-refractivity contribution is 8.23. The van der Waals surface area contributed by atoms with Gasteiger partial charge < -0.3 is 9.80 Å². The van der Waals surface area contributed by atoms with E-state index in [1.54, 1.807) is 23.5 Å². The zero-order chi connectivity index (χ0) is 10.8. The van der Waals surface area contributed by atoms with Gasteiger partial charge in [-0.05, 0) is 6.92 Å². The Bertz CT molecular complexity index is 281. The SMILES string of the molecule is CC(CN1CCSC1=S)N1CCSC1=S. The van der Waals surface area contributed by atoms with Crippen LogP contribution in [0, 0.1) is 0 Å². The Kier molecular flexibility index (Phi) is 4.15. The molecule has 1 atom stereocenters. The third kappa shape index (κ3) is 2.78. The first kappa shape index (κ1) is 12.0. The van der Waals surface area contributed by atoms with Crippen LogP contribution >= 0.6 is 48.0 Å². The molecule has 0 aromatic heterocycles. The van der Waals surface area contributed by atoms with Crippen molar-refractivity contribution in [2.75, 3.05) is 31.1 Å². The van der Waals surface area contributed by atoms with Gasteiger partial charge >= 0.3 is 0 Å². The molecule has 2 aliphatic heterocycles. The van der Waals surface area contributed by atoms with Crippen molar-refractivity contribution in [3.63, 3.8) is 0 Å². The Morgan fingerprint density at radius 1 is 1.20 bits per heavy atom. The molecule has 84 valence electrons. The third-order valence-corrected chi connectivity index (χ3v) is 5.61. The minimum atomic E-state index is 0.490. The van der Waals surface area contributed by atoms with Crippen LogP contribution in [-0.2, 0) is 0 Å². The van der Waals surface area contributed by atoms with Crippen molar-refractivity contribution in [1.29, 1.82) is 0 Å². The van der Waals surface area contributed by atoms with Crippen LogP contribution in [0.3, 0.4) is 0 Å². The fourth-order valence-corrected chi connectivity index (χ4v) is 4.49. The lowest BCUT2D eigenvalue weighted by Crippen LogP contribution is -2.42. The summed E-state index contributed by atoms with van der Waals surface area (Å²) < 4.78 is 2.11. The van der Waals surface area contributed by atoms with Crippen LogP contribution in [0.25, 0.3) is 0 Å². The van der Waals surface area contributed by atoms with Crippen LogP contribution in [0.15, 0.2) is 0 Å². The number of hydrogen-bond acceptors (Lipinski definition) is 4. The Morgan fingerprint density at radius 2 is 1.87 bits per heavy atom. The number of thioether (sulfide) groups is 2. The van der Waals surface area contributed by atoms with Gasteiger partial charge in [0.15, 0.2) is 0 Å². The van der Waals surface area contributed by atoms with E-state index in [1.807, 2.05) is 0 Å². The maximum atomic E-state index is 5.32. The molecular formula is C9H14N2S4. The topological polar surface area (TPSA) is 6.48 Å². The highest BCUT2D eigenvalue weighted by atomic mass is 32.2. The molecule has 2 rings (SSSR count). The van der Waals surface area contributed by atoms with Crippen LogP contribution in [-0.4, -0.2) is 55.6 Å². The third-order valence-electron chi connectivity index (χ3n) is 2.65. The number of hydrogen-bond donors (Lipinski definition) is 0. The van der Waals surface area contributed by atoms with Gasteiger partial charge in [-0.15, -0.1) is 0 Å². The molecule has 0 N–H and O–H groups in total.